The Morgan fingerprint density at radius 2 is 1.84 bits per heavy atom. The topological polar surface area (TPSA) is 78.9 Å². The molecular formula is C23H26FN3O4. The molecule has 0 amide bonds. The maximum atomic E-state index is 13.1. The summed E-state index contributed by atoms with van der Waals surface area (Å²) in [4.78, 5) is 28.1. The minimum Gasteiger partial charge on any atom is -0.408 e. The molecule has 0 radical (unpaired) electrons. The molecule has 7 nitrogen and oxygen atoms in total. The Balaban J connectivity index is 1.30. The second kappa shape index (κ2) is 9.03. The van der Waals surface area contributed by atoms with Crippen LogP contribution in [-0.4, -0.2) is 59.2 Å². The number of benzene rings is 2. The SMILES string of the molecule is CC(=O)c1ccc2c(c1)oc(=O)n2CCC(O)CN1CCN(c2ccc(F)cc2)CC1. The molecule has 2 heterocycles. The number of carbonyl (C=O) groups excluding carboxylic acids is 1. The van der Waals surface area contributed by atoms with Crippen molar-refractivity contribution in [2.45, 2.75) is 26.0 Å². The summed E-state index contributed by atoms with van der Waals surface area (Å²) < 4.78 is 19.9. The average Bonchev–Trinajstić information content (AvgIpc) is 3.07. The molecule has 1 atom stereocenters. The van der Waals surface area contributed by atoms with Crippen molar-refractivity contribution >= 4 is 22.6 Å². The number of hydrogen-bond donors (Lipinski definition) is 1. The highest BCUT2D eigenvalue weighted by Crippen LogP contribution is 2.18. The van der Waals surface area contributed by atoms with E-state index in [4.69, 9.17) is 4.42 Å². The van der Waals surface area contributed by atoms with E-state index in [1.54, 1.807) is 30.3 Å². The lowest BCUT2D eigenvalue weighted by Gasteiger charge is -2.37. The van der Waals surface area contributed by atoms with Crippen LogP contribution in [0.3, 0.4) is 0 Å². The van der Waals surface area contributed by atoms with E-state index < -0.39 is 11.9 Å². The first-order valence-corrected chi connectivity index (χ1v) is 10.5. The fourth-order valence-corrected chi connectivity index (χ4v) is 4.01. The highest BCUT2D eigenvalue weighted by Gasteiger charge is 2.20. The molecule has 1 aliphatic rings. The fraction of sp³-hybridized carbons (Fsp3) is 0.391. The van der Waals surface area contributed by atoms with E-state index >= 15 is 0 Å². The zero-order chi connectivity index (χ0) is 22.0. The highest BCUT2D eigenvalue weighted by molar-refractivity contribution is 5.96. The summed E-state index contributed by atoms with van der Waals surface area (Å²) in [5.41, 5.74) is 2.49. The fourth-order valence-electron chi connectivity index (χ4n) is 4.01. The summed E-state index contributed by atoms with van der Waals surface area (Å²) in [5, 5.41) is 10.5. The number of hydrogen-bond acceptors (Lipinski definition) is 6. The number of aliphatic hydroxyl groups excluding tert-OH is 1. The van der Waals surface area contributed by atoms with E-state index in [1.807, 2.05) is 0 Å². The van der Waals surface area contributed by atoms with Crippen LogP contribution in [0.15, 0.2) is 51.7 Å². The normalized spacial score (nSPS) is 16.0. The largest absolute Gasteiger partial charge is 0.419 e. The van der Waals surface area contributed by atoms with Gasteiger partial charge >= 0.3 is 5.76 Å². The van der Waals surface area contributed by atoms with Gasteiger partial charge in [-0.1, -0.05) is 0 Å². The minimum atomic E-state index is -0.578. The van der Waals surface area contributed by atoms with E-state index in [9.17, 15) is 19.1 Å². The van der Waals surface area contributed by atoms with Gasteiger partial charge in [0.25, 0.3) is 0 Å². The predicted octanol–water partition coefficient (Wildman–Crippen LogP) is 2.51. The number of aliphatic hydroxyl groups is 1. The predicted molar refractivity (Wildman–Crippen MR) is 116 cm³/mol. The molecular weight excluding hydrogens is 401 g/mol. The first kappa shape index (κ1) is 21.3. The smallest absolute Gasteiger partial charge is 0.408 e. The first-order valence-electron chi connectivity index (χ1n) is 10.5. The third kappa shape index (κ3) is 4.86. The Hall–Kier alpha value is -2.97. The number of aromatic nitrogens is 1. The molecule has 1 fully saturated rings. The Morgan fingerprint density at radius 1 is 1.13 bits per heavy atom. The van der Waals surface area contributed by atoms with Crippen molar-refractivity contribution in [1.29, 1.82) is 0 Å². The summed E-state index contributed by atoms with van der Waals surface area (Å²) in [6.07, 6.45) is -0.160. The maximum Gasteiger partial charge on any atom is 0.419 e. The van der Waals surface area contributed by atoms with Crippen LogP contribution >= 0.6 is 0 Å². The quantitative estimate of drug-likeness (QED) is 0.584. The lowest BCUT2D eigenvalue weighted by Crippen LogP contribution is -2.48. The first-order chi connectivity index (χ1) is 14.9. The molecule has 1 unspecified atom stereocenters. The third-order valence-electron chi connectivity index (χ3n) is 5.79. The molecule has 1 saturated heterocycles. The van der Waals surface area contributed by atoms with E-state index in [0.717, 1.165) is 31.9 Å². The molecule has 1 N–H and O–H groups in total. The number of ketones is 1. The average molecular weight is 427 g/mol. The molecule has 0 aliphatic carbocycles. The maximum absolute atomic E-state index is 13.1. The van der Waals surface area contributed by atoms with E-state index in [0.29, 0.717) is 36.2 Å². The van der Waals surface area contributed by atoms with Gasteiger partial charge in [-0.3, -0.25) is 14.3 Å². The minimum absolute atomic E-state index is 0.0905. The van der Waals surface area contributed by atoms with Crippen LogP contribution in [0.1, 0.15) is 23.7 Å². The Bertz CT molecular complexity index is 1110. The van der Waals surface area contributed by atoms with Gasteiger partial charge in [-0.15, -0.1) is 0 Å². The van der Waals surface area contributed by atoms with Crippen LogP contribution < -0.4 is 10.7 Å². The number of anilines is 1. The zero-order valence-corrected chi connectivity index (χ0v) is 17.5. The Kier molecular flexibility index (Phi) is 6.20. The van der Waals surface area contributed by atoms with E-state index in [-0.39, 0.29) is 11.6 Å². The number of fused-ring (bicyclic) bond motifs is 1. The van der Waals surface area contributed by atoms with Gasteiger partial charge in [0.2, 0.25) is 0 Å². The van der Waals surface area contributed by atoms with Gasteiger partial charge in [-0.25, -0.2) is 9.18 Å². The molecule has 8 heteroatoms. The van der Waals surface area contributed by atoms with Gasteiger partial charge in [0.1, 0.15) is 5.82 Å². The lowest BCUT2D eigenvalue weighted by atomic mass is 10.1. The number of nitrogens with zero attached hydrogens (tertiary/aromatic N) is 3. The van der Waals surface area contributed by atoms with Crippen LogP contribution in [0.25, 0.3) is 11.1 Å². The van der Waals surface area contributed by atoms with Gasteiger partial charge in [-0.2, -0.15) is 0 Å². The number of piperazine rings is 1. The van der Waals surface area contributed by atoms with E-state index in [2.05, 4.69) is 9.80 Å². The Morgan fingerprint density at radius 3 is 2.52 bits per heavy atom. The summed E-state index contributed by atoms with van der Waals surface area (Å²) >= 11 is 0. The van der Waals surface area contributed by atoms with Crippen LogP contribution in [0.2, 0.25) is 0 Å². The number of carbonyl (C=O) groups is 1. The third-order valence-corrected chi connectivity index (χ3v) is 5.79. The molecule has 164 valence electrons. The van der Waals surface area contributed by atoms with Crippen LogP contribution in [-0.2, 0) is 6.54 Å². The molecule has 0 spiro atoms. The van der Waals surface area contributed by atoms with E-state index in [1.165, 1.54) is 23.6 Å². The summed E-state index contributed by atoms with van der Waals surface area (Å²) in [7, 11) is 0. The van der Waals surface area contributed by atoms with Crippen molar-refractivity contribution in [2.75, 3.05) is 37.6 Å². The molecule has 2 aromatic carbocycles. The van der Waals surface area contributed by atoms with Gasteiger partial charge in [-0.05, 0) is 55.8 Å². The van der Waals surface area contributed by atoms with Gasteiger partial charge < -0.3 is 14.4 Å². The highest BCUT2D eigenvalue weighted by atomic mass is 19.1. The number of oxazole rings is 1. The lowest BCUT2D eigenvalue weighted by molar-refractivity contribution is 0.0980. The van der Waals surface area contributed by atoms with Crippen molar-refractivity contribution in [3.63, 3.8) is 0 Å². The van der Waals surface area contributed by atoms with Crippen molar-refractivity contribution in [3.05, 3.63) is 64.4 Å². The molecule has 4 rings (SSSR count). The summed E-state index contributed by atoms with van der Waals surface area (Å²) in [6.45, 7) is 5.55. The number of β-amino-alcohol motifs (C(OH)–C–C–N with tert-alkyl or cyclic N) is 1. The van der Waals surface area contributed by atoms with Gasteiger partial charge in [0.15, 0.2) is 11.4 Å². The summed E-state index contributed by atoms with van der Waals surface area (Å²) in [5.74, 6) is -0.822. The monoisotopic (exact) mass is 427 g/mol. The Labute approximate surface area is 179 Å². The number of rotatable bonds is 7. The molecule has 1 aromatic heterocycles. The number of Topliss-reactive ketones (excluding diaryl/α,β-unsaturated/α-hetero) is 1. The van der Waals surface area contributed by atoms with Crippen molar-refractivity contribution < 1.29 is 18.7 Å². The number of halogens is 1. The van der Waals surface area contributed by atoms with Gasteiger partial charge in [0.05, 0.1) is 11.6 Å². The zero-order valence-electron chi connectivity index (χ0n) is 17.5. The molecule has 3 aromatic rings. The number of aryl methyl sites for hydroxylation is 1. The standard InChI is InChI=1S/C23H26FN3O4/c1-16(28)17-2-7-21-22(14-17)31-23(30)27(21)9-8-20(29)15-25-10-12-26(13-11-25)19-5-3-18(24)4-6-19/h2-7,14,20,29H,8-13,15H2,1H3. The molecule has 0 saturated carbocycles. The van der Waals surface area contributed by atoms with Gasteiger partial charge in [0, 0.05) is 50.5 Å². The second-order valence-corrected chi connectivity index (χ2v) is 7.96. The van der Waals surface area contributed by atoms with Crippen molar-refractivity contribution in [3.8, 4) is 0 Å². The second-order valence-electron chi connectivity index (χ2n) is 7.96. The molecule has 0 bridgehead atoms. The molecule has 1 aliphatic heterocycles. The summed E-state index contributed by atoms with van der Waals surface area (Å²) in [6, 6.07) is 11.5. The van der Waals surface area contributed by atoms with Crippen LogP contribution in [0.4, 0.5) is 10.1 Å². The van der Waals surface area contributed by atoms with Crippen molar-refractivity contribution in [2.24, 2.45) is 0 Å². The van der Waals surface area contributed by atoms with Crippen LogP contribution in [0, 0.1) is 5.82 Å². The van der Waals surface area contributed by atoms with Crippen molar-refractivity contribution in [1.82, 2.24) is 9.47 Å². The molecule has 31 heavy (non-hydrogen) atoms. The van der Waals surface area contributed by atoms with Crippen LogP contribution in [0.5, 0.6) is 0 Å².